The summed E-state index contributed by atoms with van der Waals surface area (Å²) in [7, 11) is -2.62. The fourth-order valence-electron chi connectivity index (χ4n) is 2.78. The van der Waals surface area contributed by atoms with Crippen LogP contribution in [0.4, 0.5) is 0 Å². The summed E-state index contributed by atoms with van der Waals surface area (Å²) in [6, 6.07) is 12.4. The Kier molecular flexibility index (Phi) is 7.45. The summed E-state index contributed by atoms with van der Waals surface area (Å²) in [5.41, 5.74) is 6.60. The topological polar surface area (TPSA) is 77.8 Å². The third kappa shape index (κ3) is 5.03. The molecule has 0 aliphatic heterocycles. The molecule has 0 aliphatic rings. The minimum absolute atomic E-state index is 0.141. The van der Waals surface area contributed by atoms with E-state index in [2.05, 4.69) is 25.1 Å². The third-order valence-corrected chi connectivity index (χ3v) is 3.39. The Morgan fingerprint density at radius 1 is 1.00 bits per heavy atom. The van der Waals surface area contributed by atoms with Crippen molar-refractivity contribution >= 4 is 30.8 Å². The van der Waals surface area contributed by atoms with Crippen molar-refractivity contribution in [3.8, 4) is 11.1 Å². The number of carbonyl (C=O) groups excluding carboxylic acids is 1. The number of rotatable bonds is 2. The minimum atomic E-state index is -2.62. The van der Waals surface area contributed by atoms with Crippen LogP contribution in [0.15, 0.2) is 36.4 Å². The summed E-state index contributed by atoms with van der Waals surface area (Å²) in [5, 5.41) is 0. The molecule has 3 N–H and O–H groups in total. The van der Waals surface area contributed by atoms with Gasteiger partial charge >= 0.3 is 126 Å². The SMILES string of the molecule is OP(O)O.[Li][C](=O)c1c(C)cc(C)c(-c2ccccc2)c1C. The van der Waals surface area contributed by atoms with Crippen LogP contribution in [0.1, 0.15) is 27.0 Å². The van der Waals surface area contributed by atoms with Gasteiger partial charge in [0.05, 0.1) is 0 Å². The van der Waals surface area contributed by atoms with E-state index < -0.39 is 8.60 Å². The quantitative estimate of drug-likeness (QED) is 0.588. The van der Waals surface area contributed by atoms with Crippen molar-refractivity contribution in [2.24, 2.45) is 0 Å². The molecule has 2 aromatic rings. The van der Waals surface area contributed by atoms with Crippen molar-refractivity contribution in [3.63, 3.8) is 0 Å². The van der Waals surface area contributed by atoms with Gasteiger partial charge in [-0.1, -0.05) is 0 Å². The summed E-state index contributed by atoms with van der Waals surface area (Å²) in [6.45, 7) is 6.15. The monoisotopic (exact) mass is 312 g/mol. The van der Waals surface area contributed by atoms with Crippen LogP contribution in [0.2, 0.25) is 0 Å². The zero-order valence-electron chi connectivity index (χ0n) is 13.2. The molecule has 0 aromatic heterocycles. The average Bonchev–Trinajstić information content (AvgIpc) is 2.38. The Hall–Kier alpha value is -0.983. The molecule has 6 heteroatoms. The second-order valence-electron chi connectivity index (χ2n) is 5.08. The second-order valence-corrected chi connectivity index (χ2v) is 5.61. The van der Waals surface area contributed by atoms with Gasteiger partial charge in [0.1, 0.15) is 0 Å². The van der Waals surface area contributed by atoms with Gasteiger partial charge in [-0.3, -0.25) is 0 Å². The summed E-state index contributed by atoms with van der Waals surface area (Å²) in [4.78, 5) is 33.5. The Bertz CT molecular complexity index is 654. The van der Waals surface area contributed by atoms with Crippen LogP contribution in [-0.4, -0.2) is 36.9 Å². The molecule has 2 aromatic carbocycles. The third-order valence-electron chi connectivity index (χ3n) is 3.39. The summed E-state index contributed by atoms with van der Waals surface area (Å²) in [5.74, 6) is 0. The summed E-state index contributed by atoms with van der Waals surface area (Å²) in [6.07, 6.45) is 0. The molecule has 0 saturated heterocycles. The van der Waals surface area contributed by atoms with Crippen LogP contribution in [0.25, 0.3) is 11.1 Å². The first-order chi connectivity index (χ1) is 10.3. The van der Waals surface area contributed by atoms with E-state index >= 15 is 0 Å². The van der Waals surface area contributed by atoms with Gasteiger partial charge in [0, 0.05) is 0 Å². The van der Waals surface area contributed by atoms with Crippen molar-refractivity contribution < 1.29 is 19.5 Å². The van der Waals surface area contributed by atoms with E-state index in [1.807, 2.05) is 32.0 Å². The molecule has 4 nitrogen and oxygen atoms in total. The molecule has 0 saturated carbocycles. The van der Waals surface area contributed by atoms with Crippen molar-refractivity contribution in [1.29, 1.82) is 0 Å². The second kappa shape index (κ2) is 8.60. The van der Waals surface area contributed by atoms with Gasteiger partial charge in [-0.15, -0.1) is 0 Å². The van der Waals surface area contributed by atoms with E-state index in [1.54, 1.807) is 17.7 Å². The molecule has 0 unspecified atom stereocenters. The van der Waals surface area contributed by atoms with E-state index in [-0.39, 0.29) is 4.46 Å². The molecular weight excluding hydrogens is 294 g/mol. The zero-order valence-corrected chi connectivity index (χ0v) is 14.1. The van der Waals surface area contributed by atoms with Crippen LogP contribution < -0.4 is 0 Å². The molecule has 0 atom stereocenters. The first kappa shape index (κ1) is 19.1. The predicted octanol–water partition coefficient (Wildman–Crippen LogP) is 2.78. The van der Waals surface area contributed by atoms with Gasteiger partial charge < -0.3 is 14.7 Å². The molecule has 112 valence electrons. The van der Waals surface area contributed by atoms with Gasteiger partial charge in [0.15, 0.2) is 0 Å². The first-order valence-electron chi connectivity index (χ1n) is 6.79. The fraction of sp³-hybridized carbons (Fsp3) is 0.188. The number of hydrogen-bond donors (Lipinski definition) is 3. The van der Waals surface area contributed by atoms with E-state index in [9.17, 15) is 4.79 Å². The standard InChI is InChI=1S/C16H15O.Li.H3O3P/c1-11-9-12(2)16(13(3)15(11)10-17)14-7-5-4-6-8-14;;1-4(2)3/h4-9H,1-3H3;;1-3H. The van der Waals surface area contributed by atoms with E-state index in [0.29, 0.717) is 0 Å². The Morgan fingerprint density at radius 3 is 1.95 bits per heavy atom. The van der Waals surface area contributed by atoms with Gasteiger partial charge in [-0.05, 0) is 0 Å². The maximum atomic E-state index is 11.8. The maximum absolute atomic E-state index is 11.8. The van der Waals surface area contributed by atoms with Crippen LogP contribution in [-0.2, 0) is 0 Å². The summed E-state index contributed by atoms with van der Waals surface area (Å²) < 4.78 is 0.141. The van der Waals surface area contributed by atoms with Gasteiger partial charge in [-0.2, -0.15) is 0 Å². The molecule has 0 radical (unpaired) electrons. The molecule has 0 aliphatic carbocycles. The number of carbonyl (C=O) groups is 1. The first-order valence-corrected chi connectivity index (χ1v) is 7.99. The van der Waals surface area contributed by atoms with Gasteiger partial charge in [-0.25, -0.2) is 0 Å². The van der Waals surface area contributed by atoms with Crippen molar-refractivity contribution in [1.82, 2.24) is 0 Å². The summed E-state index contributed by atoms with van der Waals surface area (Å²) >= 11 is 1.64. The Balaban J connectivity index is 0.000000541. The molecule has 0 heterocycles. The molecule has 0 amide bonds. The van der Waals surface area contributed by atoms with Crippen molar-refractivity contribution in [2.75, 3.05) is 0 Å². The predicted molar refractivity (Wildman–Crippen MR) is 89.7 cm³/mol. The molecular formula is C16H18LiO4P. The van der Waals surface area contributed by atoms with Crippen LogP contribution in [0.5, 0.6) is 0 Å². The Labute approximate surface area is 141 Å². The molecule has 0 spiro atoms. The number of benzene rings is 2. The molecule has 22 heavy (non-hydrogen) atoms. The van der Waals surface area contributed by atoms with Crippen LogP contribution in [0.3, 0.4) is 0 Å². The number of hydrogen-bond acceptors (Lipinski definition) is 4. The van der Waals surface area contributed by atoms with E-state index in [4.69, 9.17) is 14.7 Å². The van der Waals surface area contributed by atoms with E-state index in [0.717, 1.165) is 16.7 Å². The van der Waals surface area contributed by atoms with Crippen LogP contribution >= 0.6 is 8.60 Å². The zero-order chi connectivity index (χ0) is 16.9. The van der Waals surface area contributed by atoms with Gasteiger partial charge in [0.2, 0.25) is 0 Å². The normalized spacial score (nSPS) is 10.2. The number of aryl methyl sites for hydroxylation is 2. The molecule has 0 fully saturated rings. The van der Waals surface area contributed by atoms with Gasteiger partial charge in [0.25, 0.3) is 0 Å². The van der Waals surface area contributed by atoms with E-state index in [1.165, 1.54) is 16.7 Å². The average molecular weight is 312 g/mol. The fourth-order valence-corrected chi connectivity index (χ4v) is 2.78. The van der Waals surface area contributed by atoms with Crippen molar-refractivity contribution in [2.45, 2.75) is 20.8 Å². The molecule has 0 bridgehead atoms. The Morgan fingerprint density at radius 2 is 1.50 bits per heavy atom. The van der Waals surface area contributed by atoms with Crippen molar-refractivity contribution in [3.05, 3.63) is 58.7 Å². The van der Waals surface area contributed by atoms with Crippen LogP contribution in [0, 0.1) is 20.8 Å². The molecule has 2 rings (SSSR count).